The van der Waals surface area contributed by atoms with Gasteiger partial charge in [0.1, 0.15) is 11.4 Å². The van der Waals surface area contributed by atoms with E-state index in [2.05, 4.69) is 15.6 Å². The van der Waals surface area contributed by atoms with Crippen LogP contribution in [0.4, 0.5) is 5.69 Å². The molecule has 0 fully saturated rings. The summed E-state index contributed by atoms with van der Waals surface area (Å²) in [6.45, 7) is 0. The number of halogens is 1. The van der Waals surface area contributed by atoms with Crippen molar-refractivity contribution in [3.63, 3.8) is 0 Å². The smallest absolute Gasteiger partial charge is 0.335 e. The Morgan fingerprint density at radius 2 is 1.78 bits per heavy atom. The lowest BCUT2D eigenvalue weighted by molar-refractivity contribution is -0.113. The van der Waals surface area contributed by atoms with E-state index in [1.165, 1.54) is 49.8 Å². The van der Waals surface area contributed by atoms with Gasteiger partial charge in [0.25, 0.3) is 11.8 Å². The lowest BCUT2D eigenvalue weighted by atomic mass is 10.1. The second-order valence-electron chi connectivity index (χ2n) is 6.45. The largest absolute Gasteiger partial charge is 0.495 e. The molecule has 8 nitrogen and oxygen atoms in total. The highest BCUT2D eigenvalue weighted by molar-refractivity contribution is 6.34. The Hall–Kier alpha value is -4.17. The van der Waals surface area contributed by atoms with Crippen LogP contribution in [0.25, 0.3) is 6.08 Å². The van der Waals surface area contributed by atoms with Crippen molar-refractivity contribution in [1.29, 1.82) is 0 Å². The molecule has 0 saturated heterocycles. The molecule has 3 N–H and O–H groups in total. The molecule has 0 aliphatic heterocycles. The number of hydrogen-bond donors (Lipinski definition) is 3. The molecule has 0 bridgehead atoms. The summed E-state index contributed by atoms with van der Waals surface area (Å²) in [5.41, 5.74) is 0.790. The van der Waals surface area contributed by atoms with Gasteiger partial charge in [-0.25, -0.2) is 4.79 Å². The van der Waals surface area contributed by atoms with Crippen molar-refractivity contribution >= 4 is 41.1 Å². The molecule has 0 spiro atoms. The molecular formula is C23H18ClN3O5. The first-order valence-corrected chi connectivity index (χ1v) is 9.67. The summed E-state index contributed by atoms with van der Waals surface area (Å²) in [5.74, 6) is -2.19. The Bertz CT molecular complexity index is 1200. The van der Waals surface area contributed by atoms with Gasteiger partial charge in [0.05, 0.1) is 28.9 Å². The molecule has 32 heavy (non-hydrogen) atoms. The lowest BCUT2D eigenvalue weighted by Crippen LogP contribution is -2.31. The highest BCUT2D eigenvalue weighted by atomic mass is 35.5. The van der Waals surface area contributed by atoms with Crippen LogP contribution in [0, 0.1) is 0 Å². The third-order valence-electron chi connectivity index (χ3n) is 4.32. The number of carbonyl (C=O) groups is 3. The van der Waals surface area contributed by atoms with Crippen LogP contribution in [0.5, 0.6) is 5.75 Å². The number of nitrogens with one attached hydrogen (secondary N) is 2. The van der Waals surface area contributed by atoms with E-state index in [9.17, 15) is 19.5 Å². The zero-order valence-corrected chi connectivity index (χ0v) is 17.6. The highest BCUT2D eigenvalue weighted by Gasteiger charge is 2.19. The summed E-state index contributed by atoms with van der Waals surface area (Å²) < 4.78 is 5.20. The number of benzene rings is 2. The van der Waals surface area contributed by atoms with E-state index in [1.807, 2.05) is 0 Å². The van der Waals surface area contributed by atoms with Gasteiger partial charge in [-0.3, -0.25) is 14.6 Å². The zero-order chi connectivity index (χ0) is 23.1. The molecule has 9 heteroatoms. The number of rotatable bonds is 7. The SMILES string of the molecule is COc1ccc(C(=O)O)cc1NC(=O)C(=Cc1ccncc1)NC(=O)c1ccccc1Cl. The third-order valence-corrected chi connectivity index (χ3v) is 4.65. The number of carboxylic acids is 1. The second kappa shape index (κ2) is 10.2. The van der Waals surface area contributed by atoms with E-state index in [-0.39, 0.29) is 33.3 Å². The number of anilines is 1. The van der Waals surface area contributed by atoms with Gasteiger partial charge in [-0.1, -0.05) is 23.7 Å². The van der Waals surface area contributed by atoms with Gasteiger partial charge in [-0.15, -0.1) is 0 Å². The molecule has 0 unspecified atom stereocenters. The van der Waals surface area contributed by atoms with Crippen molar-refractivity contribution in [3.8, 4) is 5.75 Å². The second-order valence-corrected chi connectivity index (χ2v) is 6.85. The summed E-state index contributed by atoms with van der Waals surface area (Å²) in [6.07, 6.45) is 4.53. The van der Waals surface area contributed by atoms with Gasteiger partial charge in [-0.05, 0) is 54.1 Å². The maximum Gasteiger partial charge on any atom is 0.335 e. The summed E-state index contributed by atoms with van der Waals surface area (Å²) in [6, 6.07) is 13.8. The summed E-state index contributed by atoms with van der Waals surface area (Å²) in [5, 5.41) is 14.6. The van der Waals surface area contributed by atoms with E-state index in [4.69, 9.17) is 16.3 Å². The molecule has 3 rings (SSSR count). The van der Waals surface area contributed by atoms with Crippen molar-refractivity contribution in [1.82, 2.24) is 10.3 Å². The van der Waals surface area contributed by atoms with Crippen LogP contribution in [0.15, 0.2) is 72.7 Å². The molecular weight excluding hydrogens is 434 g/mol. The minimum Gasteiger partial charge on any atom is -0.495 e. The summed E-state index contributed by atoms with van der Waals surface area (Å²) >= 11 is 6.10. The van der Waals surface area contributed by atoms with Gasteiger partial charge in [0, 0.05) is 12.4 Å². The van der Waals surface area contributed by atoms with E-state index in [0.29, 0.717) is 5.56 Å². The maximum atomic E-state index is 13.1. The molecule has 3 aromatic rings. The Labute approximate surface area is 188 Å². The fraction of sp³-hybridized carbons (Fsp3) is 0.0435. The minimum atomic E-state index is -1.16. The van der Waals surface area contributed by atoms with Crippen LogP contribution in [0.1, 0.15) is 26.3 Å². The van der Waals surface area contributed by atoms with E-state index in [0.717, 1.165) is 0 Å². The first-order chi connectivity index (χ1) is 15.4. The number of aromatic nitrogens is 1. The summed E-state index contributed by atoms with van der Waals surface area (Å²) in [4.78, 5) is 41.1. The molecule has 0 radical (unpaired) electrons. The van der Waals surface area contributed by atoms with Gasteiger partial charge < -0.3 is 20.5 Å². The van der Waals surface area contributed by atoms with Crippen LogP contribution in [-0.2, 0) is 4.79 Å². The van der Waals surface area contributed by atoms with Gasteiger partial charge in [0.15, 0.2) is 0 Å². The number of nitrogens with zero attached hydrogens (tertiary/aromatic N) is 1. The average Bonchev–Trinajstić information content (AvgIpc) is 2.79. The number of carboxylic acid groups (broad SMARTS) is 1. The topological polar surface area (TPSA) is 118 Å². The Morgan fingerprint density at radius 3 is 2.44 bits per heavy atom. The Kier molecular flexibility index (Phi) is 7.20. The van der Waals surface area contributed by atoms with Gasteiger partial charge >= 0.3 is 5.97 Å². The van der Waals surface area contributed by atoms with Crippen molar-refractivity contribution in [2.45, 2.75) is 0 Å². The van der Waals surface area contributed by atoms with E-state index < -0.39 is 17.8 Å². The molecule has 1 heterocycles. The summed E-state index contributed by atoms with van der Waals surface area (Å²) in [7, 11) is 1.39. The molecule has 0 aliphatic rings. The van der Waals surface area contributed by atoms with Crippen LogP contribution in [0.2, 0.25) is 5.02 Å². The Morgan fingerprint density at radius 1 is 1.06 bits per heavy atom. The Balaban J connectivity index is 1.95. The van der Waals surface area contributed by atoms with Crippen molar-refractivity contribution in [2.24, 2.45) is 0 Å². The molecule has 0 aliphatic carbocycles. The van der Waals surface area contributed by atoms with Crippen LogP contribution in [0.3, 0.4) is 0 Å². The van der Waals surface area contributed by atoms with Crippen molar-refractivity contribution < 1.29 is 24.2 Å². The highest BCUT2D eigenvalue weighted by Crippen LogP contribution is 2.26. The average molecular weight is 452 g/mol. The lowest BCUT2D eigenvalue weighted by Gasteiger charge is -2.14. The number of ether oxygens (including phenoxy) is 1. The molecule has 2 amide bonds. The molecule has 0 saturated carbocycles. The molecule has 1 aromatic heterocycles. The van der Waals surface area contributed by atoms with Crippen LogP contribution < -0.4 is 15.4 Å². The van der Waals surface area contributed by atoms with Gasteiger partial charge in [-0.2, -0.15) is 0 Å². The number of amides is 2. The number of carbonyl (C=O) groups excluding carboxylic acids is 2. The first kappa shape index (κ1) is 22.5. The van der Waals surface area contributed by atoms with E-state index >= 15 is 0 Å². The minimum absolute atomic E-state index is 0.0409. The van der Waals surface area contributed by atoms with Gasteiger partial charge in [0.2, 0.25) is 0 Å². The number of hydrogen-bond acceptors (Lipinski definition) is 5. The fourth-order valence-electron chi connectivity index (χ4n) is 2.75. The normalized spacial score (nSPS) is 10.9. The molecule has 2 aromatic carbocycles. The standard InChI is InChI=1S/C23H18ClN3O5/c1-32-20-7-6-15(23(30)31)13-18(20)26-22(29)19(12-14-8-10-25-11-9-14)27-21(28)16-4-2-3-5-17(16)24/h2-13H,1H3,(H,26,29)(H,27,28)(H,30,31). The number of aromatic carboxylic acids is 1. The first-order valence-electron chi connectivity index (χ1n) is 9.29. The van der Waals surface area contributed by atoms with Crippen molar-refractivity contribution in [3.05, 3.63) is 94.4 Å². The zero-order valence-electron chi connectivity index (χ0n) is 16.8. The molecule has 162 valence electrons. The van der Waals surface area contributed by atoms with Crippen molar-refractivity contribution in [2.75, 3.05) is 12.4 Å². The van der Waals surface area contributed by atoms with Crippen LogP contribution in [-0.4, -0.2) is 35.0 Å². The maximum absolute atomic E-state index is 13.1. The van der Waals surface area contributed by atoms with E-state index in [1.54, 1.807) is 30.3 Å². The van der Waals surface area contributed by atoms with Crippen LogP contribution >= 0.6 is 11.6 Å². The monoisotopic (exact) mass is 451 g/mol. The quantitative estimate of drug-likeness (QED) is 0.469. The third kappa shape index (κ3) is 5.50. The predicted octanol–water partition coefficient (Wildman–Crippen LogP) is 3.85. The number of pyridine rings is 1. The number of methoxy groups -OCH3 is 1. The molecule has 0 atom stereocenters. The fourth-order valence-corrected chi connectivity index (χ4v) is 2.97. The predicted molar refractivity (Wildman–Crippen MR) is 120 cm³/mol.